The monoisotopic (exact) mass is 422 g/mol. The first-order valence-corrected chi connectivity index (χ1v) is 10.5. The van der Waals surface area contributed by atoms with Crippen molar-refractivity contribution < 1.29 is 27.2 Å². The molecule has 0 amide bonds. The Morgan fingerprint density at radius 1 is 1.25 bits per heavy atom. The van der Waals surface area contributed by atoms with E-state index < -0.39 is 16.0 Å². The van der Waals surface area contributed by atoms with E-state index in [-0.39, 0.29) is 17.4 Å². The van der Waals surface area contributed by atoms with Crippen LogP contribution in [0.2, 0.25) is 0 Å². The SMILES string of the molecule is Cc1cc(COC(=O)COc2ccc(N(C)S(=O)(=O)c3cccs3)cc2)on1. The number of aromatic nitrogens is 1. The maximum Gasteiger partial charge on any atom is 0.344 e. The molecule has 0 spiro atoms. The average Bonchev–Trinajstić information content (AvgIpc) is 3.36. The molecule has 0 N–H and O–H groups in total. The van der Waals surface area contributed by atoms with Crippen LogP contribution in [0.5, 0.6) is 5.75 Å². The van der Waals surface area contributed by atoms with Gasteiger partial charge in [0.05, 0.1) is 11.4 Å². The Morgan fingerprint density at radius 3 is 2.61 bits per heavy atom. The van der Waals surface area contributed by atoms with E-state index in [1.54, 1.807) is 54.8 Å². The predicted octanol–water partition coefficient (Wildman–Crippen LogP) is 2.99. The lowest BCUT2D eigenvalue weighted by atomic mass is 10.3. The van der Waals surface area contributed by atoms with E-state index in [1.807, 2.05) is 0 Å². The summed E-state index contributed by atoms with van der Waals surface area (Å²) in [6, 6.07) is 11.3. The van der Waals surface area contributed by atoms with E-state index in [1.165, 1.54) is 11.4 Å². The van der Waals surface area contributed by atoms with Gasteiger partial charge < -0.3 is 14.0 Å². The number of hydrogen-bond donors (Lipinski definition) is 0. The number of rotatable bonds is 8. The molecular weight excluding hydrogens is 404 g/mol. The summed E-state index contributed by atoms with van der Waals surface area (Å²) < 4.78 is 41.8. The van der Waals surface area contributed by atoms with Crippen molar-refractivity contribution in [3.05, 3.63) is 59.3 Å². The summed E-state index contributed by atoms with van der Waals surface area (Å²) in [5.41, 5.74) is 1.18. The number of esters is 1. The summed E-state index contributed by atoms with van der Waals surface area (Å²) in [7, 11) is -2.12. The molecule has 8 nitrogen and oxygen atoms in total. The van der Waals surface area contributed by atoms with Crippen LogP contribution in [0.25, 0.3) is 0 Å². The molecule has 0 saturated heterocycles. The van der Waals surface area contributed by atoms with E-state index in [0.717, 1.165) is 11.3 Å². The van der Waals surface area contributed by atoms with Crippen molar-refractivity contribution in [2.24, 2.45) is 0 Å². The summed E-state index contributed by atoms with van der Waals surface area (Å²) >= 11 is 1.16. The summed E-state index contributed by atoms with van der Waals surface area (Å²) in [4.78, 5) is 11.7. The normalized spacial score (nSPS) is 11.2. The highest BCUT2D eigenvalue weighted by molar-refractivity contribution is 7.94. The van der Waals surface area contributed by atoms with Crippen molar-refractivity contribution in [2.75, 3.05) is 18.0 Å². The lowest BCUT2D eigenvalue weighted by molar-refractivity contribution is -0.147. The van der Waals surface area contributed by atoms with Crippen LogP contribution in [-0.4, -0.2) is 33.2 Å². The first-order valence-electron chi connectivity index (χ1n) is 8.19. The molecular formula is C18H18N2O6S2. The van der Waals surface area contributed by atoms with Crippen LogP contribution in [0.3, 0.4) is 0 Å². The van der Waals surface area contributed by atoms with Crippen molar-refractivity contribution in [2.45, 2.75) is 17.7 Å². The number of anilines is 1. The lowest BCUT2D eigenvalue weighted by Crippen LogP contribution is -2.25. The molecule has 0 unspecified atom stereocenters. The van der Waals surface area contributed by atoms with E-state index >= 15 is 0 Å². The van der Waals surface area contributed by atoms with Crippen LogP contribution in [0.1, 0.15) is 11.5 Å². The van der Waals surface area contributed by atoms with Gasteiger partial charge in [0.1, 0.15) is 9.96 Å². The summed E-state index contributed by atoms with van der Waals surface area (Å²) in [6.45, 7) is 1.47. The van der Waals surface area contributed by atoms with Gasteiger partial charge in [0, 0.05) is 13.1 Å². The minimum absolute atomic E-state index is 0.0205. The van der Waals surface area contributed by atoms with Crippen molar-refractivity contribution in [3.63, 3.8) is 0 Å². The third-order valence-corrected chi connectivity index (χ3v) is 6.88. The fourth-order valence-electron chi connectivity index (χ4n) is 2.26. The molecule has 0 fully saturated rings. The van der Waals surface area contributed by atoms with E-state index in [2.05, 4.69) is 5.16 Å². The van der Waals surface area contributed by atoms with Gasteiger partial charge in [-0.25, -0.2) is 13.2 Å². The maximum atomic E-state index is 12.5. The molecule has 3 rings (SSSR count). The summed E-state index contributed by atoms with van der Waals surface area (Å²) in [6.07, 6.45) is 0. The number of hydrogen-bond acceptors (Lipinski definition) is 8. The van der Waals surface area contributed by atoms with Crippen LogP contribution < -0.4 is 9.04 Å². The van der Waals surface area contributed by atoms with Crippen molar-refractivity contribution in [3.8, 4) is 5.75 Å². The number of aryl methyl sites for hydroxylation is 1. The van der Waals surface area contributed by atoms with Crippen molar-refractivity contribution >= 4 is 33.0 Å². The number of sulfonamides is 1. The first kappa shape index (κ1) is 19.9. The van der Waals surface area contributed by atoms with Crippen LogP contribution in [0.4, 0.5) is 5.69 Å². The lowest BCUT2D eigenvalue weighted by Gasteiger charge is -2.18. The molecule has 1 aromatic carbocycles. The van der Waals surface area contributed by atoms with Gasteiger partial charge in [0.2, 0.25) is 0 Å². The van der Waals surface area contributed by atoms with Crippen LogP contribution >= 0.6 is 11.3 Å². The standard InChI is InChI=1S/C18H18N2O6S2/c1-13-10-16(26-19-13)11-25-17(21)12-24-15-7-5-14(6-8-15)20(2)28(22,23)18-4-3-9-27-18/h3-10H,11-12H2,1-2H3. The topological polar surface area (TPSA) is 98.9 Å². The fourth-order valence-corrected chi connectivity index (χ4v) is 4.61. The van der Waals surface area contributed by atoms with Gasteiger partial charge in [-0.3, -0.25) is 4.31 Å². The largest absolute Gasteiger partial charge is 0.482 e. The maximum absolute atomic E-state index is 12.5. The highest BCUT2D eigenvalue weighted by Crippen LogP contribution is 2.26. The predicted molar refractivity (Wildman–Crippen MR) is 103 cm³/mol. The number of ether oxygens (including phenoxy) is 2. The number of nitrogens with zero attached hydrogens (tertiary/aromatic N) is 2. The first-order chi connectivity index (χ1) is 13.4. The minimum atomic E-state index is -3.60. The van der Waals surface area contributed by atoms with E-state index in [0.29, 0.717) is 22.9 Å². The molecule has 2 aromatic heterocycles. The van der Waals surface area contributed by atoms with Gasteiger partial charge >= 0.3 is 5.97 Å². The number of carbonyl (C=O) groups excluding carboxylic acids is 1. The van der Waals surface area contributed by atoms with Crippen molar-refractivity contribution in [1.29, 1.82) is 0 Å². The molecule has 0 radical (unpaired) electrons. The smallest absolute Gasteiger partial charge is 0.344 e. The zero-order valence-electron chi connectivity index (χ0n) is 15.2. The average molecular weight is 422 g/mol. The second kappa shape index (κ2) is 8.44. The van der Waals surface area contributed by atoms with Gasteiger partial charge in [-0.05, 0) is 42.6 Å². The molecule has 0 aliphatic rings. The highest BCUT2D eigenvalue weighted by atomic mass is 32.2. The third-order valence-electron chi connectivity index (χ3n) is 3.72. The molecule has 0 atom stereocenters. The molecule has 10 heteroatoms. The quantitative estimate of drug-likeness (QED) is 0.515. The van der Waals surface area contributed by atoms with E-state index in [9.17, 15) is 13.2 Å². The molecule has 0 aliphatic heterocycles. The molecule has 0 saturated carbocycles. The highest BCUT2D eigenvalue weighted by Gasteiger charge is 2.22. The second-order valence-electron chi connectivity index (χ2n) is 5.78. The molecule has 3 aromatic rings. The van der Waals surface area contributed by atoms with Gasteiger partial charge in [0.25, 0.3) is 10.0 Å². The van der Waals surface area contributed by atoms with E-state index in [4.69, 9.17) is 14.0 Å². The Labute approximate surface area is 166 Å². The summed E-state index contributed by atoms with van der Waals surface area (Å²) in [5.74, 6) is 0.304. The van der Waals surface area contributed by atoms with Crippen LogP contribution in [-0.2, 0) is 26.2 Å². The number of thiophene rings is 1. The Kier molecular flexibility index (Phi) is 6.00. The zero-order chi connectivity index (χ0) is 20.1. The number of carbonyl (C=O) groups is 1. The minimum Gasteiger partial charge on any atom is -0.482 e. The third kappa shape index (κ3) is 4.70. The Balaban J connectivity index is 1.53. The van der Waals surface area contributed by atoms with Gasteiger partial charge in [-0.15, -0.1) is 11.3 Å². The van der Waals surface area contributed by atoms with Gasteiger partial charge in [-0.1, -0.05) is 11.2 Å². The second-order valence-corrected chi connectivity index (χ2v) is 8.93. The zero-order valence-corrected chi connectivity index (χ0v) is 16.8. The molecule has 0 bridgehead atoms. The Hall–Kier alpha value is -2.85. The molecule has 28 heavy (non-hydrogen) atoms. The summed E-state index contributed by atoms with van der Waals surface area (Å²) in [5, 5.41) is 5.41. The molecule has 148 valence electrons. The Bertz CT molecular complexity index is 1030. The Morgan fingerprint density at radius 2 is 2.00 bits per heavy atom. The van der Waals surface area contributed by atoms with Gasteiger partial charge in [-0.2, -0.15) is 0 Å². The fraction of sp³-hybridized carbons (Fsp3) is 0.222. The van der Waals surface area contributed by atoms with Gasteiger partial charge in [0.15, 0.2) is 19.0 Å². The molecule has 2 heterocycles. The van der Waals surface area contributed by atoms with Crippen LogP contribution in [0.15, 0.2) is 56.6 Å². The number of benzene rings is 1. The van der Waals surface area contributed by atoms with Crippen LogP contribution in [0, 0.1) is 6.92 Å². The molecule has 0 aliphatic carbocycles. The van der Waals surface area contributed by atoms with Crippen molar-refractivity contribution in [1.82, 2.24) is 5.16 Å².